The van der Waals surface area contributed by atoms with E-state index in [0.29, 0.717) is 12.2 Å². The van der Waals surface area contributed by atoms with Gasteiger partial charge in [-0.15, -0.1) is 0 Å². The highest BCUT2D eigenvalue weighted by molar-refractivity contribution is 7.89. The molecule has 1 aromatic carbocycles. The average Bonchev–Trinajstić information content (AvgIpc) is 2.94. The number of hydrogen-bond donors (Lipinski definition) is 2. The van der Waals surface area contributed by atoms with Crippen LogP contribution < -0.4 is 9.46 Å². The van der Waals surface area contributed by atoms with Gasteiger partial charge >= 0.3 is 5.97 Å². The third kappa shape index (κ3) is 3.74. The molecule has 21 heavy (non-hydrogen) atoms. The molecule has 0 aliphatic heterocycles. The van der Waals surface area contributed by atoms with Crippen LogP contribution in [0.2, 0.25) is 0 Å². The van der Waals surface area contributed by atoms with Crippen molar-refractivity contribution in [2.75, 3.05) is 13.7 Å². The van der Waals surface area contributed by atoms with E-state index in [1.165, 1.54) is 19.2 Å². The molecule has 1 fully saturated rings. The van der Waals surface area contributed by atoms with Gasteiger partial charge in [-0.25, -0.2) is 13.1 Å². The van der Waals surface area contributed by atoms with E-state index in [1.54, 1.807) is 12.1 Å². The third-order valence-corrected chi connectivity index (χ3v) is 5.28. The monoisotopic (exact) mass is 313 g/mol. The predicted molar refractivity (Wildman–Crippen MR) is 76.6 cm³/mol. The van der Waals surface area contributed by atoms with Gasteiger partial charge in [0.15, 0.2) is 0 Å². The number of rotatable bonds is 6. The van der Waals surface area contributed by atoms with Gasteiger partial charge < -0.3 is 9.84 Å². The normalized spacial score (nSPS) is 22.1. The molecule has 2 unspecified atom stereocenters. The molecule has 116 valence electrons. The lowest BCUT2D eigenvalue weighted by atomic mass is 9.97. The van der Waals surface area contributed by atoms with Crippen molar-refractivity contribution in [2.24, 2.45) is 11.8 Å². The maximum Gasteiger partial charge on any atom is 0.306 e. The Labute approximate surface area is 124 Å². The van der Waals surface area contributed by atoms with Crippen LogP contribution in [0.15, 0.2) is 29.2 Å². The van der Waals surface area contributed by atoms with E-state index in [9.17, 15) is 13.2 Å². The third-order valence-electron chi connectivity index (χ3n) is 3.86. The second-order valence-electron chi connectivity index (χ2n) is 5.17. The molecule has 0 aromatic heterocycles. The van der Waals surface area contributed by atoms with E-state index in [4.69, 9.17) is 9.84 Å². The van der Waals surface area contributed by atoms with Gasteiger partial charge in [0.2, 0.25) is 10.0 Å². The van der Waals surface area contributed by atoms with Crippen molar-refractivity contribution in [1.29, 1.82) is 0 Å². The minimum atomic E-state index is -3.65. The number of methoxy groups -OCH3 is 1. The summed E-state index contributed by atoms with van der Waals surface area (Å²) in [7, 11) is -2.18. The van der Waals surface area contributed by atoms with Gasteiger partial charge in [-0.1, -0.05) is 12.5 Å². The quantitative estimate of drug-likeness (QED) is 0.829. The molecule has 0 amide bonds. The summed E-state index contributed by atoms with van der Waals surface area (Å²) < 4.78 is 32.0. The average molecular weight is 313 g/mol. The SMILES string of the molecule is COc1cccc(S(=O)(=O)NCC2CCCC2C(=O)O)c1. The zero-order chi connectivity index (χ0) is 15.5. The number of hydrogen-bond acceptors (Lipinski definition) is 4. The summed E-state index contributed by atoms with van der Waals surface area (Å²) in [6.45, 7) is 0.149. The number of carboxylic acids is 1. The lowest BCUT2D eigenvalue weighted by molar-refractivity contribution is -0.142. The van der Waals surface area contributed by atoms with Gasteiger partial charge in [-0.05, 0) is 30.9 Å². The molecule has 0 bridgehead atoms. The molecule has 2 N–H and O–H groups in total. The molecule has 2 rings (SSSR count). The Morgan fingerprint density at radius 2 is 2.19 bits per heavy atom. The molecule has 7 heteroatoms. The Bertz CT molecular complexity index is 614. The molecule has 0 saturated heterocycles. The Kier molecular flexibility index (Phi) is 4.84. The van der Waals surface area contributed by atoms with Crippen molar-refractivity contribution < 1.29 is 23.1 Å². The fourth-order valence-electron chi connectivity index (χ4n) is 2.67. The van der Waals surface area contributed by atoms with E-state index in [0.717, 1.165) is 12.8 Å². The smallest absolute Gasteiger partial charge is 0.306 e. The number of carbonyl (C=O) groups is 1. The molecule has 1 saturated carbocycles. The van der Waals surface area contributed by atoms with Crippen LogP contribution in [-0.2, 0) is 14.8 Å². The van der Waals surface area contributed by atoms with Gasteiger partial charge in [0.05, 0.1) is 17.9 Å². The first kappa shape index (κ1) is 15.8. The summed E-state index contributed by atoms with van der Waals surface area (Å²) in [5.41, 5.74) is 0. The summed E-state index contributed by atoms with van der Waals surface area (Å²) in [6.07, 6.45) is 2.17. The number of carboxylic acid groups (broad SMARTS) is 1. The van der Waals surface area contributed by atoms with Crippen LogP contribution >= 0.6 is 0 Å². The van der Waals surface area contributed by atoms with E-state index in [1.807, 2.05) is 0 Å². The highest BCUT2D eigenvalue weighted by Gasteiger charge is 2.33. The summed E-state index contributed by atoms with van der Waals surface area (Å²) in [4.78, 5) is 11.2. The lowest BCUT2D eigenvalue weighted by Crippen LogP contribution is -2.33. The number of sulfonamides is 1. The first-order chi connectivity index (χ1) is 9.94. The van der Waals surface area contributed by atoms with Gasteiger partial charge in [0, 0.05) is 12.6 Å². The van der Waals surface area contributed by atoms with Gasteiger partial charge in [0.1, 0.15) is 5.75 Å². The van der Waals surface area contributed by atoms with Crippen LogP contribution in [0.25, 0.3) is 0 Å². The van der Waals surface area contributed by atoms with Gasteiger partial charge in [0.25, 0.3) is 0 Å². The Morgan fingerprint density at radius 3 is 2.86 bits per heavy atom. The van der Waals surface area contributed by atoms with E-state index < -0.39 is 21.9 Å². The Balaban J connectivity index is 2.06. The summed E-state index contributed by atoms with van der Waals surface area (Å²) in [6, 6.07) is 6.18. The maximum atomic E-state index is 12.2. The summed E-state index contributed by atoms with van der Waals surface area (Å²) >= 11 is 0. The largest absolute Gasteiger partial charge is 0.497 e. The van der Waals surface area contributed by atoms with Crippen LogP contribution in [0.1, 0.15) is 19.3 Å². The first-order valence-corrected chi connectivity index (χ1v) is 8.29. The van der Waals surface area contributed by atoms with Gasteiger partial charge in [-0.2, -0.15) is 0 Å². The number of aliphatic carboxylic acids is 1. The fraction of sp³-hybridized carbons (Fsp3) is 0.500. The van der Waals surface area contributed by atoms with Crippen LogP contribution in [0.5, 0.6) is 5.75 Å². The molecule has 0 radical (unpaired) electrons. The van der Waals surface area contributed by atoms with Crippen LogP contribution in [0, 0.1) is 11.8 Å². The lowest BCUT2D eigenvalue weighted by Gasteiger charge is -2.16. The molecular weight excluding hydrogens is 294 g/mol. The van der Waals surface area contributed by atoms with E-state index in [-0.39, 0.29) is 17.4 Å². The zero-order valence-electron chi connectivity index (χ0n) is 11.8. The van der Waals surface area contributed by atoms with Crippen molar-refractivity contribution >= 4 is 16.0 Å². The summed E-state index contributed by atoms with van der Waals surface area (Å²) in [5, 5.41) is 9.10. The maximum absolute atomic E-state index is 12.2. The van der Waals surface area contributed by atoms with Crippen molar-refractivity contribution in [3.05, 3.63) is 24.3 Å². The predicted octanol–water partition coefficient (Wildman–Crippen LogP) is 1.47. The zero-order valence-corrected chi connectivity index (χ0v) is 12.6. The van der Waals surface area contributed by atoms with E-state index in [2.05, 4.69) is 4.72 Å². The van der Waals surface area contributed by atoms with Crippen LogP contribution in [-0.4, -0.2) is 33.1 Å². The van der Waals surface area contributed by atoms with Crippen molar-refractivity contribution in [3.63, 3.8) is 0 Å². The Hall–Kier alpha value is -1.60. The molecule has 0 spiro atoms. The second kappa shape index (κ2) is 6.44. The number of nitrogens with one attached hydrogen (secondary N) is 1. The van der Waals surface area contributed by atoms with Crippen LogP contribution in [0.3, 0.4) is 0 Å². The molecular formula is C14H19NO5S. The summed E-state index contributed by atoms with van der Waals surface area (Å²) in [5.74, 6) is -0.999. The molecule has 2 atom stereocenters. The highest BCUT2D eigenvalue weighted by atomic mass is 32.2. The molecule has 1 aromatic rings. The molecule has 1 aliphatic rings. The molecule has 6 nitrogen and oxygen atoms in total. The minimum Gasteiger partial charge on any atom is -0.497 e. The van der Waals surface area contributed by atoms with Crippen molar-refractivity contribution in [2.45, 2.75) is 24.2 Å². The van der Waals surface area contributed by atoms with Crippen molar-refractivity contribution in [3.8, 4) is 5.75 Å². The second-order valence-corrected chi connectivity index (χ2v) is 6.93. The highest BCUT2D eigenvalue weighted by Crippen LogP contribution is 2.31. The standard InChI is InChI=1S/C14H19NO5S/c1-20-11-5-3-6-12(8-11)21(18,19)15-9-10-4-2-7-13(10)14(16)17/h3,5-6,8,10,13,15H,2,4,7,9H2,1H3,(H,16,17). The molecule has 1 aliphatic carbocycles. The topological polar surface area (TPSA) is 92.7 Å². The van der Waals surface area contributed by atoms with Crippen LogP contribution in [0.4, 0.5) is 0 Å². The minimum absolute atomic E-state index is 0.117. The number of benzene rings is 1. The van der Waals surface area contributed by atoms with Gasteiger partial charge in [-0.3, -0.25) is 4.79 Å². The number of ether oxygens (including phenoxy) is 1. The van der Waals surface area contributed by atoms with Crippen molar-refractivity contribution in [1.82, 2.24) is 4.72 Å². The molecule has 0 heterocycles. The Morgan fingerprint density at radius 1 is 1.43 bits per heavy atom. The van der Waals surface area contributed by atoms with E-state index >= 15 is 0 Å². The fourth-order valence-corrected chi connectivity index (χ4v) is 3.80. The first-order valence-electron chi connectivity index (χ1n) is 6.80.